The van der Waals surface area contributed by atoms with Gasteiger partial charge in [-0.3, -0.25) is 9.59 Å². The molecule has 32 heavy (non-hydrogen) atoms. The minimum atomic E-state index is -0.463. The summed E-state index contributed by atoms with van der Waals surface area (Å²) in [6, 6.07) is 14.8. The number of benzene rings is 2. The van der Waals surface area contributed by atoms with Gasteiger partial charge in [-0.25, -0.2) is 4.39 Å². The smallest absolute Gasteiger partial charge is 0.265 e. The predicted molar refractivity (Wildman–Crippen MR) is 126 cm³/mol. The molecule has 8 heteroatoms. The molecule has 0 aliphatic rings. The van der Waals surface area contributed by atoms with E-state index >= 15 is 0 Å². The van der Waals surface area contributed by atoms with E-state index in [9.17, 15) is 14.0 Å². The number of nitrogens with one attached hydrogen (secondary N) is 1. The zero-order valence-corrected chi connectivity index (χ0v) is 19.1. The van der Waals surface area contributed by atoms with E-state index in [1.807, 2.05) is 48.6 Å². The lowest BCUT2D eigenvalue weighted by Gasteiger charge is -2.26. The largest absolute Gasteiger partial charge is 0.383 e. The molecule has 0 atom stereocenters. The van der Waals surface area contributed by atoms with Crippen molar-refractivity contribution < 1.29 is 18.7 Å². The number of rotatable bonds is 9. The van der Waals surface area contributed by atoms with Crippen molar-refractivity contribution in [1.29, 1.82) is 0 Å². The SMILES string of the molecule is COCCN(Cc1cc(NC(=O)c2cccs2)ccc1N(C)C)C(=O)c1cccc(F)c1. The van der Waals surface area contributed by atoms with E-state index in [4.69, 9.17) is 4.74 Å². The van der Waals surface area contributed by atoms with Crippen molar-refractivity contribution >= 4 is 34.5 Å². The normalized spacial score (nSPS) is 10.6. The maximum atomic E-state index is 13.7. The summed E-state index contributed by atoms with van der Waals surface area (Å²) < 4.78 is 18.9. The summed E-state index contributed by atoms with van der Waals surface area (Å²) >= 11 is 1.37. The number of carbonyl (C=O) groups is 2. The second-order valence-electron chi connectivity index (χ2n) is 7.40. The molecule has 0 aliphatic carbocycles. The number of carbonyl (C=O) groups excluding carboxylic acids is 2. The minimum absolute atomic E-state index is 0.185. The summed E-state index contributed by atoms with van der Waals surface area (Å²) in [6.07, 6.45) is 0. The Balaban J connectivity index is 1.89. The van der Waals surface area contributed by atoms with Crippen molar-refractivity contribution in [1.82, 2.24) is 4.90 Å². The molecule has 168 valence electrons. The van der Waals surface area contributed by atoms with Gasteiger partial charge in [0.25, 0.3) is 11.8 Å². The van der Waals surface area contributed by atoms with E-state index in [-0.39, 0.29) is 23.9 Å². The summed E-state index contributed by atoms with van der Waals surface area (Å²) in [7, 11) is 5.39. The van der Waals surface area contributed by atoms with E-state index < -0.39 is 5.82 Å². The second kappa shape index (κ2) is 10.9. The molecule has 0 fully saturated rings. The van der Waals surface area contributed by atoms with Gasteiger partial charge < -0.3 is 19.9 Å². The molecule has 6 nitrogen and oxygen atoms in total. The third-order valence-electron chi connectivity index (χ3n) is 4.85. The van der Waals surface area contributed by atoms with Crippen LogP contribution in [0.25, 0.3) is 0 Å². The highest BCUT2D eigenvalue weighted by atomic mass is 32.1. The Morgan fingerprint density at radius 1 is 1.09 bits per heavy atom. The second-order valence-corrected chi connectivity index (χ2v) is 8.35. The number of methoxy groups -OCH3 is 1. The Kier molecular flexibility index (Phi) is 7.97. The maximum Gasteiger partial charge on any atom is 0.265 e. The maximum absolute atomic E-state index is 13.7. The fourth-order valence-electron chi connectivity index (χ4n) is 3.29. The van der Waals surface area contributed by atoms with Gasteiger partial charge in [-0.05, 0) is 53.4 Å². The van der Waals surface area contributed by atoms with Crippen molar-refractivity contribution in [2.24, 2.45) is 0 Å². The summed E-state index contributed by atoms with van der Waals surface area (Å²) in [5, 5.41) is 4.76. The quantitative estimate of drug-likeness (QED) is 0.516. The molecule has 2 amide bonds. The molecule has 1 aromatic heterocycles. The van der Waals surface area contributed by atoms with Crippen molar-refractivity contribution in [2.75, 3.05) is 44.6 Å². The fraction of sp³-hybridized carbons (Fsp3) is 0.250. The Labute approximate surface area is 191 Å². The Morgan fingerprint density at radius 2 is 1.91 bits per heavy atom. The summed E-state index contributed by atoms with van der Waals surface area (Å²) in [5.41, 5.74) is 2.66. The first-order chi connectivity index (χ1) is 15.4. The van der Waals surface area contributed by atoms with Gasteiger partial charge in [0.15, 0.2) is 0 Å². The van der Waals surface area contributed by atoms with Crippen molar-refractivity contribution in [2.45, 2.75) is 6.54 Å². The highest BCUT2D eigenvalue weighted by Crippen LogP contribution is 2.26. The molecule has 3 rings (SSSR count). The van der Waals surface area contributed by atoms with E-state index in [1.54, 1.807) is 24.1 Å². The molecule has 0 radical (unpaired) electrons. The van der Waals surface area contributed by atoms with Gasteiger partial charge in [-0.2, -0.15) is 0 Å². The zero-order valence-electron chi connectivity index (χ0n) is 18.3. The topological polar surface area (TPSA) is 61.9 Å². The molecule has 0 saturated heterocycles. The molecular weight excluding hydrogens is 429 g/mol. The van der Waals surface area contributed by atoms with Gasteiger partial charge in [-0.1, -0.05) is 12.1 Å². The van der Waals surface area contributed by atoms with E-state index in [2.05, 4.69) is 5.32 Å². The first kappa shape index (κ1) is 23.4. The lowest BCUT2D eigenvalue weighted by Crippen LogP contribution is -2.34. The standard InChI is InChI=1S/C24H26FN3O3S/c1-27(2)21-10-9-20(26-23(29)22-8-5-13-32-22)15-18(21)16-28(11-12-31-3)24(30)17-6-4-7-19(25)14-17/h4-10,13-15H,11-12,16H2,1-3H3,(H,26,29). The van der Waals surface area contributed by atoms with Crippen LogP contribution < -0.4 is 10.2 Å². The molecular formula is C24H26FN3O3S. The van der Waals surface area contributed by atoms with E-state index in [0.717, 1.165) is 11.3 Å². The van der Waals surface area contributed by atoms with Crippen LogP contribution in [-0.2, 0) is 11.3 Å². The number of amides is 2. The predicted octanol–water partition coefficient (Wildman–Crippen LogP) is 4.49. The lowest BCUT2D eigenvalue weighted by molar-refractivity contribution is 0.0680. The summed E-state index contributed by atoms with van der Waals surface area (Å²) in [5.74, 6) is -0.940. The molecule has 0 aliphatic heterocycles. The number of ether oxygens (including phenoxy) is 1. The van der Waals surface area contributed by atoms with Gasteiger partial charge in [0.05, 0.1) is 11.5 Å². The van der Waals surface area contributed by atoms with Crippen LogP contribution in [0.4, 0.5) is 15.8 Å². The fourth-order valence-corrected chi connectivity index (χ4v) is 3.91. The molecule has 1 N–H and O–H groups in total. The first-order valence-electron chi connectivity index (χ1n) is 10.1. The van der Waals surface area contributed by atoms with Crippen LogP contribution >= 0.6 is 11.3 Å². The van der Waals surface area contributed by atoms with E-state index in [1.165, 1.54) is 29.5 Å². The molecule has 0 spiro atoms. The Morgan fingerprint density at radius 3 is 2.56 bits per heavy atom. The number of halogens is 1. The number of hydrogen-bond donors (Lipinski definition) is 1. The number of anilines is 2. The number of hydrogen-bond acceptors (Lipinski definition) is 5. The average molecular weight is 456 g/mol. The van der Waals surface area contributed by atoms with Crippen molar-refractivity contribution in [3.8, 4) is 0 Å². The molecule has 0 saturated carbocycles. The molecule has 0 unspecified atom stereocenters. The minimum Gasteiger partial charge on any atom is -0.383 e. The van der Waals surface area contributed by atoms with Gasteiger partial charge >= 0.3 is 0 Å². The number of nitrogens with zero attached hydrogens (tertiary/aromatic N) is 2. The average Bonchev–Trinajstić information content (AvgIpc) is 3.31. The molecule has 3 aromatic rings. The van der Waals surface area contributed by atoms with Crippen LogP contribution in [-0.4, -0.2) is 51.1 Å². The summed E-state index contributed by atoms with van der Waals surface area (Å²) in [6.45, 7) is 0.951. The van der Waals surface area contributed by atoms with Gasteiger partial charge in [0, 0.05) is 51.2 Å². The molecule has 0 bridgehead atoms. The van der Waals surface area contributed by atoms with Crippen molar-refractivity contribution in [3.63, 3.8) is 0 Å². The van der Waals surface area contributed by atoms with Crippen LogP contribution in [0.1, 0.15) is 25.6 Å². The van der Waals surface area contributed by atoms with Crippen LogP contribution in [0.5, 0.6) is 0 Å². The van der Waals surface area contributed by atoms with Crippen LogP contribution in [0.15, 0.2) is 60.0 Å². The van der Waals surface area contributed by atoms with Crippen LogP contribution in [0.3, 0.4) is 0 Å². The zero-order chi connectivity index (χ0) is 23.1. The van der Waals surface area contributed by atoms with Gasteiger partial charge in [-0.15, -0.1) is 11.3 Å². The van der Waals surface area contributed by atoms with Gasteiger partial charge in [0.2, 0.25) is 0 Å². The number of thiophene rings is 1. The van der Waals surface area contributed by atoms with E-state index in [0.29, 0.717) is 23.7 Å². The highest BCUT2D eigenvalue weighted by Gasteiger charge is 2.19. The Hall–Kier alpha value is -3.23. The molecule has 2 aromatic carbocycles. The van der Waals surface area contributed by atoms with Crippen LogP contribution in [0.2, 0.25) is 0 Å². The molecule has 1 heterocycles. The summed E-state index contributed by atoms with van der Waals surface area (Å²) in [4.78, 5) is 29.8. The van der Waals surface area contributed by atoms with Crippen molar-refractivity contribution in [3.05, 3.63) is 81.8 Å². The third kappa shape index (κ3) is 5.93. The van der Waals surface area contributed by atoms with Gasteiger partial charge in [0.1, 0.15) is 5.82 Å². The monoisotopic (exact) mass is 455 g/mol. The highest BCUT2D eigenvalue weighted by molar-refractivity contribution is 7.12. The first-order valence-corrected chi connectivity index (χ1v) is 11.0. The Bertz CT molecular complexity index is 1070. The lowest BCUT2D eigenvalue weighted by atomic mass is 10.1. The van der Waals surface area contributed by atoms with Crippen LogP contribution in [0, 0.1) is 5.82 Å². The third-order valence-corrected chi connectivity index (χ3v) is 5.72.